The molecule has 0 aliphatic carbocycles. The molecule has 0 aliphatic rings. The maximum atomic E-state index is 11.8. The Bertz CT molecular complexity index is 514. The van der Waals surface area contributed by atoms with E-state index in [1.807, 2.05) is 16.8 Å². The Kier molecular flexibility index (Phi) is 3.54. The van der Waals surface area contributed by atoms with Gasteiger partial charge in [0, 0.05) is 10.6 Å². The van der Waals surface area contributed by atoms with E-state index in [1.54, 1.807) is 47.8 Å². The fraction of sp³-hybridized carbons (Fsp3) is 0. The molecule has 1 heterocycles. The van der Waals surface area contributed by atoms with Gasteiger partial charge in [-0.15, -0.1) is 0 Å². The van der Waals surface area contributed by atoms with Crippen molar-refractivity contribution in [2.75, 3.05) is 0 Å². The molecule has 0 spiro atoms. The van der Waals surface area contributed by atoms with Crippen LogP contribution in [0.4, 0.5) is 0 Å². The van der Waals surface area contributed by atoms with Crippen LogP contribution in [0.25, 0.3) is 6.08 Å². The van der Waals surface area contributed by atoms with Gasteiger partial charge in [0.1, 0.15) is 0 Å². The van der Waals surface area contributed by atoms with Crippen molar-refractivity contribution in [1.82, 2.24) is 0 Å². The molecular formula is C13H9ClOS. The molecular weight excluding hydrogens is 240 g/mol. The summed E-state index contributed by atoms with van der Waals surface area (Å²) in [6.45, 7) is 0. The number of carbonyl (C=O) groups excluding carboxylic acids is 1. The quantitative estimate of drug-likeness (QED) is 0.585. The summed E-state index contributed by atoms with van der Waals surface area (Å²) in [5.74, 6) is -0.0336. The second-order valence-electron chi connectivity index (χ2n) is 3.26. The zero-order valence-electron chi connectivity index (χ0n) is 8.39. The van der Waals surface area contributed by atoms with Crippen LogP contribution in [0.2, 0.25) is 5.02 Å². The second kappa shape index (κ2) is 5.10. The molecule has 0 N–H and O–H groups in total. The molecule has 0 saturated carbocycles. The van der Waals surface area contributed by atoms with Crippen LogP contribution >= 0.6 is 22.9 Å². The van der Waals surface area contributed by atoms with Crippen LogP contribution < -0.4 is 0 Å². The van der Waals surface area contributed by atoms with Crippen molar-refractivity contribution in [3.8, 4) is 0 Å². The molecule has 0 aliphatic heterocycles. The Balaban J connectivity index is 2.15. The highest BCUT2D eigenvalue weighted by Crippen LogP contribution is 2.13. The minimum Gasteiger partial charge on any atom is -0.289 e. The van der Waals surface area contributed by atoms with E-state index in [2.05, 4.69) is 0 Å². The van der Waals surface area contributed by atoms with Gasteiger partial charge < -0.3 is 0 Å². The highest BCUT2D eigenvalue weighted by Gasteiger charge is 2.01. The molecule has 1 aromatic heterocycles. The first-order chi connectivity index (χ1) is 7.75. The molecule has 0 atom stereocenters. The largest absolute Gasteiger partial charge is 0.289 e. The molecule has 1 aromatic carbocycles. The summed E-state index contributed by atoms with van der Waals surface area (Å²) in [4.78, 5) is 11.8. The average molecular weight is 249 g/mol. The predicted octanol–water partition coefficient (Wildman–Crippen LogP) is 4.30. The van der Waals surface area contributed by atoms with Gasteiger partial charge >= 0.3 is 0 Å². The number of hydrogen-bond donors (Lipinski definition) is 0. The smallest absolute Gasteiger partial charge is 0.185 e. The summed E-state index contributed by atoms with van der Waals surface area (Å²) in [6.07, 6.45) is 3.37. The highest BCUT2D eigenvalue weighted by atomic mass is 35.5. The van der Waals surface area contributed by atoms with Gasteiger partial charge in [0.15, 0.2) is 5.78 Å². The maximum absolute atomic E-state index is 11.8. The van der Waals surface area contributed by atoms with Crippen LogP contribution in [0.15, 0.2) is 47.2 Å². The standard InChI is InChI=1S/C13H9ClOS/c14-12-3-1-2-11(8-12)13(15)5-4-10-6-7-16-9-10/h1-9H/b5-4+. The Labute approximate surface area is 103 Å². The number of hydrogen-bond acceptors (Lipinski definition) is 2. The van der Waals surface area contributed by atoms with Crippen molar-refractivity contribution in [3.63, 3.8) is 0 Å². The third-order valence-corrected chi connectivity index (χ3v) is 3.02. The van der Waals surface area contributed by atoms with Gasteiger partial charge in [0.2, 0.25) is 0 Å². The Morgan fingerprint density at radius 3 is 2.88 bits per heavy atom. The van der Waals surface area contributed by atoms with E-state index in [9.17, 15) is 4.79 Å². The van der Waals surface area contributed by atoms with E-state index < -0.39 is 0 Å². The molecule has 80 valence electrons. The molecule has 0 saturated heterocycles. The van der Waals surface area contributed by atoms with Crippen molar-refractivity contribution in [3.05, 3.63) is 63.3 Å². The Morgan fingerprint density at radius 2 is 2.19 bits per heavy atom. The fourth-order valence-electron chi connectivity index (χ4n) is 1.28. The molecule has 0 radical (unpaired) electrons. The maximum Gasteiger partial charge on any atom is 0.185 e. The van der Waals surface area contributed by atoms with Gasteiger partial charge in [-0.2, -0.15) is 11.3 Å². The first kappa shape index (κ1) is 11.1. The molecule has 16 heavy (non-hydrogen) atoms. The van der Waals surface area contributed by atoms with Gasteiger partial charge in [-0.25, -0.2) is 0 Å². The van der Waals surface area contributed by atoms with Crippen molar-refractivity contribution in [2.45, 2.75) is 0 Å². The summed E-state index contributed by atoms with van der Waals surface area (Å²) in [7, 11) is 0. The van der Waals surface area contributed by atoms with Gasteiger partial charge in [0.25, 0.3) is 0 Å². The molecule has 1 nitrogen and oxygen atoms in total. The number of allylic oxidation sites excluding steroid dienone is 1. The molecule has 2 aromatic rings. The summed E-state index contributed by atoms with van der Waals surface area (Å²) < 4.78 is 0. The third-order valence-electron chi connectivity index (χ3n) is 2.08. The van der Waals surface area contributed by atoms with Crippen molar-refractivity contribution >= 4 is 34.8 Å². The van der Waals surface area contributed by atoms with Gasteiger partial charge in [-0.3, -0.25) is 4.79 Å². The van der Waals surface area contributed by atoms with Crippen molar-refractivity contribution in [2.24, 2.45) is 0 Å². The molecule has 0 fully saturated rings. The minimum absolute atomic E-state index is 0.0336. The topological polar surface area (TPSA) is 17.1 Å². The van der Waals surface area contributed by atoms with E-state index in [0.29, 0.717) is 10.6 Å². The first-order valence-corrected chi connectivity index (χ1v) is 6.08. The van der Waals surface area contributed by atoms with E-state index in [-0.39, 0.29) is 5.78 Å². The SMILES string of the molecule is O=C(/C=C/c1ccsc1)c1cccc(Cl)c1. The Morgan fingerprint density at radius 1 is 1.31 bits per heavy atom. The summed E-state index contributed by atoms with van der Waals surface area (Å²) in [5.41, 5.74) is 1.65. The molecule has 0 bridgehead atoms. The molecule has 2 rings (SSSR count). The van der Waals surface area contributed by atoms with Crippen LogP contribution in [0.5, 0.6) is 0 Å². The van der Waals surface area contributed by atoms with E-state index in [4.69, 9.17) is 11.6 Å². The van der Waals surface area contributed by atoms with Crippen LogP contribution in [0.1, 0.15) is 15.9 Å². The zero-order chi connectivity index (χ0) is 11.4. The van der Waals surface area contributed by atoms with Crippen molar-refractivity contribution in [1.29, 1.82) is 0 Å². The van der Waals surface area contributed by atoms with Gasteiger partial charge in [0.05, 0.1) is 0 Å². The van der Waals surface area contributed by atoms with Gasteiger partial charge in [-0.05, 0) is 40.6 Å². The van der Waals surface area contributed by atoms with Crippen LogP contribution in [-0.4, -0.2) is 5.78 Å². The number of benzene rings is 1. The summed E-state index contributed by atoms with van der Waals surface area (Å²) in [6, 6.07) is 8.91. The van der Waals surface area contributed by atoms with E-state index in [1.165, 1.54) is 0 Å². The number of carbonyl (C=O) groups is 1. The van der Waals surface area contributed by atoms with Crippen LogP contribution in [0.3, 0.4) is 0 Å². The Hall–Kier alpha value is -1.38. The number of rotatable bonds is 3. The zero-order valence-corrected chi connectivity index (χ0v) is 9.96. The van der Waals surface area contributed by atoms with Crippen LogP contribution in [-0.2, 0) is 0 Å². The normalized spacial score (nSPS) is 10.8. The fourth-order valence-corrected chi connectivity index (χ4v) is 2.10. The van der Waals surface area contributed by atoms with Crippen molar-refractivity contribution < 1.29 is 4.79 Å². The highest BCUT2D eigenvalue weighted by molar-refractivity contribution is 7.08. The lowest BCUT2D eigenvalue weighted by Gasteiger charge is -1.95. The van der Waals surface area contributed by atoms with E-state index >= 15 is 0 Å². The number of ketones is 1. The summed E-state index contributed by atoms with van der Waals surface area (Å²) >= 11 is 7.42. The lowest BCUT2D eigenvalue weighted by molar-refractivity contribution is 0.104. The summed E-state index contributed by atoms with van der Waals surface area (Å²) in [5, 5.41) is 4.54. The van der Waals surface area contributed by atoms with Crippen LogP contribution in [0, 0.1) is 0 Å². The number of thiophene rings is 1. The van der Waals surface area contributed by atoms with E-state index in [0.717, 1.165) is 5.56 Å². The lowest BCUT2D eigenvalue weighted by atomic mass is 10.1. The first-order valence-electron chi connectivity index (χ1n) is 4.76. The average Bonchev–Trinajstić information content (AvgIpc) is 2.78. The molecule has 3 heteroatoms. The minimum atomic E-state index is -0.0336. The lowest BCUT2D eigenvalue weighted by Crippen LogP contribution is -1.92. The monoisotopic (exact) mass is 248 g/mol. The molecule has 0 unspecified atom stereocenters. The number of halogens is 1. The van der Waals surface area contributed by atoms with Gasteiger partial charge in [-0.1, -0.05) is 29.8 Å². The third kappa shape index (κ3) is 2.81. The predicted molar refractivity (Wildman–Crippen MR) is 69.1 cm³/mol. The molecule has 0 amide bonds. The second-order valence-corrected chi connectivity index (χ2v) is 4.48.